The van der Waals surface area contributed by atoms with Gasteiger partial charge in [-0.1, -0.05) is 0 Å². The van der Waals surface area contributed by atoms with E-state index < -0.39 is 5.60 Å². The first-order valence-electron chi connectivity index (χ1n) is 12.9. The summed E-state index contributed by atoms with van der Waals surface area (Å²) in [4.78, 5) is 24.0. The van der Waals surface area contributed by atoms with Crippen molar-refractivity contribution in [1.82, 2.24) is 44.4 Å². The van der Waals surface area contributed by atoms with Gasteiger partial charge < -0.3 is 10.4 Å². The van der Waals surface area contributed by atoms with Crippen molar-refractivity contribution in [2.24, 2.45) is 0 Å². The molecule has 12 heteroatoms. The van der Waals surface area contributed by atoms with E-state index in [1.807, 2.05) is 49.8 Å². The molecule has 1 aliphatic rings. The summed E-state index contributed by atoms with van der Waals surface area (Å²) in [7, 11) is 0. The molecule has 1 fully saturated rings. The van der Waals surface area contributed by atoms with E-state index in [1.165, 1.54) is 0 Å². The van der Waals surface area contributed by atoms with Crippen LogP contribution >= 0.6 is 0 Å². The average molecular weight is 527 g/mol. The van der Waals surface area contributed by atoms with Crippen LogP contribution in [0.1, 0.15) is 60.3 Å². The summed E-state index contributed by atoms with van der Waals surface area (Å²) in [5.74, 6) is 0.155. The molecule has 0 unspecified atom stereocenters. The van der Waals surface area contributed by atoms with E-state index in [4.69, 9.17) is 0 Å². The zero-order valence-electron chi connectivity index (χ0n) is 22.5. The number of nitrogens with one attached hydrogen (secondary N) is 1. The van der Waals surface area contributed by atoms with Crippen molar-refractivity contribution in [2.45, 2.75) is 65.6 Å². The maximum atomic E-state index is 13.4. The minimum atomic E-state index is -0.895. The molecule has 0 aromatic carbocycles. The average Bonchev–Trinajstić information content (AvgIpc) is 3.34. The number of aromatic nitrogens is 9. The summed E-state index contributed by atoms with van der Waals surface area (Å²) < 4.78 is 3.59. The summed E-state index contributed by atoms with van der Waals surface area (Å²) in [6.45, 7) is 9.64. The third-order valence-electron chi connectivity index (χ3n) is 6.84. The molecule has 0 spiro atoms. The Bertz CT molecular complexity index is 1720. The molecule has 12 nitrogen and oxygen atoms in total. The van der Waals surface area contributed by atoms with Crippen LogP contribution in [0.5, 0.6) is 0 Å². The minimum Gasteiger partial charge on any atom is -0.389 e. The van der Waals surface area contributed by atoms with Gasteiger partial charge in [-0.05, 0) is 70.9 Å². The standard InChI is InChI=1S/C27H30N10O2/c1-15-21(10-19(11-28-15)25-31-34-37(33-25)20-7-8-20)30-26(38)22-12-29-23-9-6-18(13-35(22)23)24-16(2)32-36(17(24)3)14-27(4,5)39/h6,9-13,20,39H,7-8,14H2,1-5H3,(H,30,38). The van der Waals surface area contributed by atoms with Gasteiger partial charge in [0.25, 0.3) is 5.91 Å². The predicted molar refractivity (Wildman–Crippen MR) is 144 cm³/mol. The smallest absolute Gasteiger partial charge is 0.274 e. The lowest BCUT2D eigenvalue weighted by Gasteiger charge is -2.18. The topological polar surface area (TPSA) is 141 Å². The number of amides is 1. The molecule has 1 amide bonds. The van der Waals surface area contributed by atoms with Gasteiger partial charge in [-0.3, -0.25) is 18.9 Å². The third kappa shape index (κ3) is 4.78. The number of aryl methyl sites for hydroxylation is 2. The molecule has 2 N–H and O–H groups in total. The fourth-order valence-corrected chi connectivity index (χ4v) is 4.70. The molecule has 39 heavy (non-hydrogen) atoms. The summed E-state index contributed by atoms with van der Waals surface area (Å²) in [5.41, 5.74) is 5.68. The molecule has 0 aliphatic heterocycles. The van der Waals surface area contributed by atoms with Gasteiger partial charge in [0.2, 0.25) is 5.82 Å². The molecule has 5 heterocycles. The Morgan fingerprint density at radius 1 is 1.08 bits per heavy atom. The number of anilines is 1. The Hall–Kier alpha value is -4.45. The molecule has 5 aromatic rings. The van der Waals surface area contributed by atoms with E-state index >= 15 is 0 Å². The number of carbonyl (C=O) groups is 1. The zero-order valence-corrected chi connectivity index (χ0v) is 22.5. The van der Waals surface area contributed by atoms with E-state index in [2.05, 4.69) is 35.8 Å². The minimum absolute atomic E-state index is 0.317. The van der Waals surface area contributed by atoms with Crippen molar-refractivity contribution >= 4 is 17.2 Å². The van der Waals surface area contributed by atoms with Crippen molar-refractivity contribution in [1.29, 1.82) is 0 Å². The predicted octanol–water partition coefficient (Wildman–Crippen LogP) is 3.53. The maximum absolute atomic E-state index is 13.4. The number of pyridine rings is 2. The summed E-state index contributed by atoms with van der Waals surface area (Å²) in [6.07, 6.45) is 7.26. The molecule has 200 valence electrons. The van der Waals surface area contributed by atoms with Crippen molar-refractivity contribution < 1.29 is 9.90 Å². The van der Waals surface area contributed by atoms with Crippen molar-refractivity contribution in [3.05, 3.63) is 59.6 Å². The van der Waals surface area contributed by atoms with Gasteiger partial charge in [-0.15, -0.1) is 10.2 Å². The van der Waals surface area contributed by atoms with E-state index in [-0.39, 0.29) is 5.91 Å². The quantitative estimate of drug-likeness (QED) is 0.328. The number of hydrogen-bond acceptors (Lipinski definition) is 8. The fourth-order valence-electron chi connectivity index (χ4n) is 4.70. The van der Waals surface area contributed by atoms with Crippen LogP contribution in [0.3, 0.4) is 0 Å². The lowest BCUT2D eigenvalue weighted by atomic mass is 10.1. The van der Waals surface area contributed by atoms with Crippen LogP contribution in [0.2, 0.25) is 0 Å². The van der Waals surface area contributed by atoms with Crippen molar-refractivity contribution in [2.75, 3.05) is 5.32 Å². The molecule has 1 aliphatic carbocycles. The lowest BCUT2D eigenvalue weighted by molar-refractivity contribution is 0.0570. The number of carbonyl (C=O) groups excluding carboxylic acids is 1. The largest absolute Gasteiger partial charge is 0.389 e. The highest BCUT2D eigenvalue weighted by Crippen LogP contribution is 2.33. The molecule has 0 bridgehead atoms. The van der Waals surface area contributed by atoms with Gasteiger partial charge in [0, 0.05) is 34.8 Å². The fraction of sp³-hybridized carbons (Fsp3) is 0.370. The highest BCUT2D eigenvalue weighted by Gasteiger charge is 2.27. The maximum Gasteiger partial charge on any atom is 0.274 e. The first-order valence-corrected chi connectivity index (χ1v) is 12.9. The van der Waals surface area contributed by atoms with Gasteiger partial charge in [0.1, 0.15) is 11.3 Å². The molecule has 5 aromatic heterocycles. The first kappa shape index (κ1) is 24.9. The van der Waals surface area contributed by atoms with Crippen LogP contribution in [-0.2, 0) is 6.54 Å². The highest BCUT2D eigenvalue weighted by molar-refractivity contribution is 6.04. The number of tetrazole rings is 1. The Morgan fingerprint density at radius 3 is 2.62 bits per heavy atom. The van der Waals surface area contributed by atoms with Crippen LogP contribution in [0, 0.1) is 20.8 Å². The normalized spacial score (nSPS) is 13.8. The number of imidazole rings is 1. The second kappa shape index (κ2) is 9.09. The second-order valence-corrected chi connectivity index (χ2v) is 10.8. The molecular formula is C27H30N10O2. The Labute approximate surface area is 224 Å². The Kier molecular flexibility index (Phi) is 5.79. The lowest BCUT2D eigenvalue weighted by Crippen LogP contribution is -2.27. The summed E-state index contributed by atoms with van der Waals surface area (Å²) >= 11 is 0. The van der Waals surface area contributed by atoms with Crippen LogP contribution in [-0.4, -0.2) is 61.0 Å². The molecule has 6 rings (SSSR count). The van der Waals surface area contributed by atoms with E-state index in [0.29, 0.717) is 46.7 Å². The highest BCUT2D eigenvalue weighted by atomic mass is 16.3. The van der Waals surface area contributed by atoms with Crippen LogP contribution in [0.4, 0.5) is 5.69 Å². The summed E-state index contributed by atoms with van der Waals surface area (Å²) in [6, 6.07) is 5.98. The summed E-state index contributed by atoms with van der Waals surface area (Å²) in [5, 5.41) is 30.7. The van der Waals surface area contributed by atoms with Gasteiger partial charge in [-0.25, -0.2) is 4.98 Å². The van der Waals surface area contributed by atoms with E-state index in [9.17, 15) is 9.90 Å². The van der Waals surface area contributed by atoms with E-state index in [0.717, 1.165) is 35.4 Å². The molecular weight excluding hydrogens is 496 g/mol. The molecule has 0 saturated heterocycles. The van der Waals surface area contributed by atoms with E-state index in [1.54, 1.807) is 35.4 Å². The second-order valence-electron chi connectivity index (χ2n) is 10.8. The molecule has 0 atom stereocenters. The zero-order chi connectivity index (χ0) is 27.5. The van der Waals surface area contributed by atoms with Gasteiger partial charge in [-0.2, -0.15) is 9.90 Å². The molecule has 1 saturated carbocycles. The first-order chi connectivity index (χ1) is 18.6. The van der Waals surface area contributed by atoms with Crippen LogP contribution in [0.15, 0.2) is 36.8 Å². The SMILES string of the molecule is Cc1ncc(-c2nnn(C3CC3)n2)cc1NC(=O)c1cnc2ccc(-c3c(C)nn(CC(C)(C)O)c3C)cn12. The number of hydrogen-bond donors (Lipinski definition) is 2. The van der Waals surface area contributed by atoms with Crippen LogP contribution < -0.4 is 5.32 Å². The Morgan fingerprint density at radius 2 is 1.87 bits per heavy atom. The van der Waals surface area contributed by atoms with Gasteiger partial charge in [0.05, 0.1) is 41.5 Å². The van der Waals surface area contributed by atoms with Crippen LogP contribution in [0.25, 0.3) is 28.2 Å². The molecule has 0 radical (unpaired) electrons. The number of nitrogens with zero attached hydrogens (tertiary/aromatic N) is 9. The van der Waals surface area contributed by atoms with Crippen molar-refractivity contribution in [3.63, 3.8) is 0 Å². The Balaban J connectivity index is 1.30. The van der Waals surface area contributed by atoms with Crippen molar-refractivity contribution in [3.8, 4) is 22.5 Å². The number of fused-ring (bicyclic) bond motifs is 1. The van der Waals surface area contributed by atoms with Gasteiger partial charge in [0.15, 0.2) is 0 Å². The monoisotopic (exact) mass is 526 g/mol. The number of aliphatic hydroxyl groups is 1. The van der Waals surface area contributed by atoms with Gasteiger partial charge >= 0.3 is 0 Å². The third-order valence-corrected chi connectivity index (χ3v) is 6.84. The number of rotatable bonds is 7.